The fourth-order valence-electron chi connectivity index (χ4n) is 3.91. The van der Waals surface area contributed by atoms with Crippen LogP contribution in [0.1, 0.15) is 28.1 Å². The quantitative estimate of drug-likeness (QED) is 0.696. The van der Waals surface area contributed by atoms with Gasteiger partial charge in [0.25, 0.3) is 0 Å². The number of carbonyl (C=O) groups is 2. The van der Waals surface area contributed by atoms with E-state index in [1.54, 1.807) is 6.33 Å². The number of carboxylic acids is 1. The second-order valence-electron chi connectivity index (χ2n) is 7.63. The molecule has 0 saturated heterocycles. The minimum atomic E-state index is -1.03. The van der Waals surface area contributed by atoms with Crippen LogP contribution in [0.25, 0.3) is 0 Å². The van der Waals surface area contributed by atoms with Gasteiger partial charge < -0.3 is 19.9 Å². The van der Waals surface area contributed by atoms with Crippen molar-refractivity contribution in [2.24, 2.45) is 0 Å². The van der Waals surface area contributed by atoms with Gasteiger partial charge in [-0.1, -0.05) is 48.5 Å². The molecule has 2 heterocycles. The zero-order valence-electron chi connectivity index (χ0n) is 17.0. The van der Waals surface area contributed by atoms with Crippen molar-refractivity contribution in [3.63, 3.8) is 0 Å². The summed E-state index contributed by atoms with van der Waals surface area (Å²) in [5.74, 6) is -1.03. The lowest BCUT2D eigenvalue weighted by atomic mass is 10.0. The van der Waals surface area contributed by atoms with E-state index >= 15 is 0 Å². The van der Waals surface area contributed by atoms with Crippen molar-refractivity contribution >= 4 is 17.7 Å². The Balaban J connectivity index is 1.62. The van der Waals surface area contributed by atoms with Crippen molar-refractivity contribution < 1.29 is 14.7 Å². The zero-order valence-corrected chi connectivity index (χ0v) is 17.0. The van der Waals surface area contributed by atoms with Crippen LogP contribution in [0.2, 0.25) is 0 Å². The van der Waals surface area contributed by atoms with Crippen molar-refractivity contribution in [1.82, 2.24) is 14.5 Å². The number of aliphatic carboxylic acids is 1. The summed E-state index contributed by atoms with van der Waals surface area (Å²) >= 11 is 0. The van der Waals surface area contributed by atoms with Gasteiger partial charge in [-0.2, -0.15) is 0 Å². The number of nitrogens with one attached hydrogen (secondary N) is 1. The van der Waals surface area contributed by atoms with Crippen LogP contribution in [0.4, 0.5) is 10.5 Å². The van der Waals surface area contributed by atoms with Crippen LogP contribution >= 0.6 is 0 Å². The van der Waals surface area contributed by atoms with Crippen LogP contribution in [0.3, 0.4) is 0 Å². The Morgan fingerprint density at radius 2 is 1.80 bits per heavy atom. The van der Waals surface area contributed by atoms with E-state index < -0.39 is 18.0 Å². The van der Waals surface area contributed by atoms with Gasteiger partial charge in [-0.3, -0.25) is 0 Å². The highest BCUT2D eigenvalue weighted by atomic mass is 16.4. The molecule has 1 aliphatic heterocycles. The lowest BCUT2D eigenvalue weighted by Gasteiger charge is -2.33. The predicted octanol–water partition coefficient (Wildman–Crippen LogP) is 3.59. The number of anilines is 1. The fourth-order valence-corrected chi connectivity index (χ4v) is 3.91. The molecule has 0 fully saturated rings. The molecule has 1 atom stereocenters. The second-order valence-corrected chi connectivity index (χ2v) is 7.63. The van der Waals surface area contributed by atoms with Crippen LogP contribution in [-0.4, -0.2) is 37.6 Å². The SMILES string of the molecule is Cc1cccc(C)c1NC(=O)N1Cc2c(ncn2Cc2ccccc2)C[C@H]1C(=O)O. The Morgan fingerprint density at radius 3 is 2.47 bits per heavy atom. The van der Waals surface area contributed by atoms with E-state index in [0.29, 0.717) is 6.54 Å². The molecule has 30 heavy (non-hydrogen) atoms. The predicted molar refractivity (Wildman–Crippen MR) is 113 cm³/mol. The molecule has 1 aromatic heterocycles. The van der Waals surface area contributed by atoms with Gasteiger partial charge in [-0.05, 0) is 30.5 Å². The molecule has 0 unspecified atom stereocenters. The molecule has 7 nitrogen and oxygen atoms in total. The van der Waals surface area contributed by atoms with Crippen molar-refractivity contribution in [3.05, 3.63) is 82.9 Å². The van der Waals surface area contributed by atoms with Crippen LogP contribution < -0.4 is 5.32 Å². The third-order valence-electron chi connectivity index (χ3n) is 5.57. The van der Waals surface area contributed by atoms with Gasteiger partial charge in [0.15, 0.2) is 0 Å². The number of urea groups is 1. The van der Waals surface area contributed by atoms with E-state index in [9.17, 15) is 14.7 Å². The monoisotopic (exact) mass is 404 g/mol. The number of rotatable bonds is 4. The van der Waals surface area contributed by atoms with E-state index in [4.69, 9.17) is 0 Å². The van der Waals surface area contributed by atoms with Gasteiger partial charge in [0.05, 0.1) is 24.3 Å². The standard InChI is InChI=1S/C23H24N4O3/c1-15-7-6-8-16(2)21(15)25-23(30)27-13-20-18(11-19(27)22(28)29)24-14-26(20)12-17-9-4-3-5-10-17/h3-10,14,19H,11-13H2,1-2H3,(H,25,30)(H,28,29)/t19-/m0/s1. The minimum absolute atomic E-state index is 0.187. The first-order chi connectivity index (χ1) is 14.4. The van der Waals surface area contributed by atoms with Gasteiger partial charge in [-0.25, -0.2) is 14.6 Å². The summed E-state index contributed by atoms with van der Waals surface area (Å²) in [7, 11) is 0. The molecule has 4 rings (SSSR count). The van der Waals surface area contributed by atoms with E-state index in [2.05, 4.69) is 10.3 Å². The van der Waals surface area contributed by atoms with Crippen LogP contribution in [-0.2, 0) is 24.3 Å². The number of aromatic nitrogens is 2. The lowest BCUT2D eigenvalue weighted by molar-refractivity contribution is -0.142. The van der Waals surface area contributed by atoms with E-state index in [0.717, 1.165) is 33.8 Å². The molecular formula is C23H24N4O3. The lowest BCUT2D eigenvalue weighted by Crippen LogP contribution is -2.50. The maximum atomic E-state index is 13.1. The molecule has 154 valence electrons. The van der Waals surface area contributed by atoms with Crippen molar-refractivity contribution in [3.8, 4) is 0 Å². The summed E-state index contributed by atoms with van der Waals surface area (Å²) < 4.78 is 1.99. The molecule has 7 heteroatoms. The third kappa shape index (κ3) is 3.78. The highest BCUT2D eigenvalue weighted by molar-refractivity contribution is 5.94. The number of benzene rings is 2. The summed E-state index contributed by atoms with van der Waals surface area (Å²) in [6.07, 6.45) is 1.91. The van der Waals surface area contributed by atoms with Crippen LogP contribution in [0.15, 0.2) is 54.9 Å². The summed E-state index contributed by atoms with van der Waals surface area (Å²) in [4.78, 5) is 30.8. The maximum Gasteiger partial charge on any atom is 0.326 e. The molecule has 1 aliphatic rings. The molecule has 0 spiro atoms. The van der Waals surface area contributed by atoms with Gasteiger partial charge in [0.1, 0.15) is 6.04 Å². The number of nitrogens with zero attached hydrogens (tertiary/aromatic N) is 3. The number of carboxylic acid groups (broad SMARTS) is 1. The highest BCUT2D eigenvalue weighted by Gasteiger charge is 2.37. The van der Waals surface area contributed by atoms with Gasteiger partial charge in [0.2, 0.25) is 0 Å². The first-order valence-electron chi connectivity index (χ1n) is 9.87. The highest BCUT2D eigenvalue weighted by Crippen LogP contribution is 2.26. The molecule has 2 aromatic carbocycles. The number of imidazole rings is 1. The molecule has 2 amide bonds. The number of para-hydroxylation sites is 1. The molecule has 0 saturated carbocycles. The van der Waals surface area contributed by atoms with Crippen molar-refractivity contribution in [2.45, 2.75) is 39.4 Å². The Bertz CT molecular complexity index is 1070. The van der Waals surface area contributed by atoms with Gasteiger partial charge in [0, 0.05) is 18.7 Å². The largest absolute Gasteiger partial charge is 0.480 e. The molecule has 0 bridgehead atoms. The Hall–Kier alpha value is -3.61. The smallest absolute Gasteiger partial charge is 0.326 e. The number of aryl methyl sites for hydroxylation is 2. The number of carbonyl (C=O) groups excluding carboxylic acids is 1. The summed E-state index contributed by atoms with van der Waals surface area (Å²) in [5, 5.41) is 12.7. The van der Waals surface area contributed by atoms with Crippen molar-refractivity contribution in [1.29, 1.82) is 0 Å². The molecular weight excluding hydrogens is 380 g/mol. The second kappa shape index (κ2) is 8.02. The van der Waals surface area contributed by atoms with E-state index in [1.165, 1.54) is 4.90 Å². The summed E-state index contributed by atoms with van der Waals surface area (Å²) in [6, 6.07) is 14.4. The number of hydrogen-bond acceptors (Lipinski definition) is 3. The Morgan fingerprint density at radius 1 is 1.10 bits per heavy atom. The molecule has 2 N–H and O–H groups in total. The normalized spacial score (nSPS) is 15.5. The van der Waals surface area contributed by atoms with Crippen LogP contribution in [0, 0.1) is 13.8 Å². The Kier molecular flexibility index (Phi) is 5.27. The summed E-state index contributed by atoms with van der Waals surface area (Å²) in [5.41, 5.74) is 5.30. The zero-order chi connectivity index (χ0) is 21.3. The number of hydrogen-bond donors (Lipinski definition) is 2. The maximum absolute atomic E-state index is 13.1. The van der Waals surface area contributed by atoms with Crippen molar-refractivity contribution in [2.75, 3.05) is 5.32 Å². The van der Waals surface area contributed by atoms with Gasteiger partial charge in [-0.15, -0.1) is 0 Å². The average Bonchev–Trinajstić information content (AvgIpc) is 3.12. The number of fused-ring (bicyclic) bond motifs is 1. The topological polar surface area (TPSA) is 87.5 Å². The third-order valence-corrected chi connectivity index (χ3v) is 5.57. The first kappa shape index (κ1) is 19.7. The first-order valence-corrected chi connectivity index (χ1v) is 9.87. The molecule has 0 radical (unpaired) electrons. The minimum Gasteiger partial charge on any atom is -0.480 e. The fraction of sp³-hybridized carbons (Fsp3) is 0.261. The van der Waals surface area contributed by atoms with Gasteiger partial charge >= 0.3 is 12.0 Å². The Labute approximate surface area is 175 Å². The molecule has 3 aromatic rings. The van der Waals surface area contributed by atoms with Crippen LogP contribution in [0.5, 0.6) is 0 Å². The van der Waals surface area contributed by atoms with E-state index in [1.807, 2.05) is 66.9 Å². The summed E-state index contributed by atoms with van der Waals surface area (Å²) in [6.45, 7) is 4.64. The van der Waals surface area contributed by atoms with E-state index in [-0.39, 0.29) is 13.0 Å². The number of amides is 2. The average molecular weight is 404 g/mol. The molecule has 0 aliphatic carbocycles.